The molecule has 0 aliphatic carbocycles. The Morgan fingerprint density at radius 3 is 2.56 bits per heavy atom. The van der Waals surface area contributed by atoms with Crippen molar-refractivity contribution in [3.05, 3.63) is 29.6 Å². The molecule has 1 aromatic carbocycles. The van der Waals surface area contributed by atoms with Crippen molar-refractivity contribution in [1.82, 2.24) is 5.32 Å². The smallest absolute Gasteiger partial charge is 0.255 e. The molecule has 18 heavy (non-hydrogen) atoms. The van der Waals surface area contributed by atoms with Crippen LogP contribution < -0.4 is 5.32 Å². The van der Waals surface area contributed by atoms with Gasteiger partial charge in [-0.15, -0.1) is 0 Å². The Balaban J connectivity index is 2.99. The van der Waals surface area contributed by atoms with Crippen molar-refractivity contribution in [2.45, 2.75) is 32.2 Å². The van der Waals surface area contributed by atoms with Crippen LogP contribution in [0.1, 0.15) is 37.0 Å². The molecule has 1 aromatic rings. The molecule has 0 aliphatic heterocycles. The summed E-state index contributed by atoms with van der Waals surface area (Å²) in [6, 6.07) is 5.32. The van der Waals surface area contributed by atoms with Crippen molar-refractivity contribution in [3.8, 4) is 11.8 Å². The van der Waals surface area contributed by atoms with Crippen LogP contribution >= 0.6 is 0 Å². The monoisotopic (exact) mass is 250 g/mol. The Labute approximate surface area is 105 Å². The number of aromatic hydroxyl groups is 1. The SMILES string of the molecule is CCC(C#N)(CC)NC(=O)c1ccc(O)cc1F. The number of hydrogen-bond acceptors (Lipinski definition) is 3. The molecular formula is C13H15FN2O2. The van der Waals surface area contributed by atoms with Crippen LogP contribution in [0, 0.1) is 17.1 Å². The van der Waals surface area contributed by atoms with Gasteiger partial charge in [-0.3, -0.25) is 4.79 Å². The first-order chi connectivity index (χ1) is 8.48. The minimum atomic E-state index is -0.985. The van der Waals surface area contributed by atoms with Gasteiger partial charge >= 0.3 is 0 Å². The van der Waals surface area contributed by atoms with Gasteiger partial charge in [0, 0.05) is 6.07 Å². The summed E-state index contributed by atoms with van der Waals surface area (Å²) in [4.78, 5) is 11.9. The lowest BCUT2D eigenvalue weighted by Crippen LogP contribution is -2.46. The predicted molar refractivity (Wildman–Crippen MR) is 64.5 cm³/mol. The molecule has 96 valence electrons. The molecule has 0 bridgehead atoms. The van der Waals surface area contributed by atoms with Crippen LogP contribution in [0.2, 0.25) is 0 Å². The maximum atomic E-state index is 13.5. The third kappa shape index (κ3) is 2.77. The minimum absolute atomic E-state index is 0.186. The summed E-state index contributed by atoms with van der Waals surface area (Å²) < 4.78 is 13.5. The molecule has 0 saturated heterocycles. The highest BCUT2D eigenvalue weighted by atomic mass is 19.1. The van der Waals surface area contributed by atoms with Crippen molar-refractivity contribution in [2.24, 2.45) is 0 Å². The Kier molecular flexibility index (Phi) is 4.27. The summed E-state index contributed by atoms with van der Waals surface area (Å²) in [5.74, 6) is -1.72. The Hall–Kier alpha value is -2.09. The molecule has 0 radical (unpaired) electrons. The maximum absolute atomic E-state index is 13.5. The molecule has 5 heteroatoms. The Bertz CT molecular complexity index is 490. The van der Waals surface area contributed by atoms with Crippen molar-refractivity contribution in [3.63, 3.8) is 0 Å². The van der Waals surface area contributed by atoms with Gasteiger partial charge in [0.25, 0.3) is 5.91 Å². The standard InChI is InChI=1S/C13H15FN2O2/c1-3-13(4-2,8-15)16-12(18)10-6-5-9(17)7-11(10)14/h5-7,17H,3-4H2,1-2H3,(H,16,18). The summed E-state index contributed by atoms with van der Waals surface area (Å²) in [6.07, 6.45) is 0.872. The summed E-state index contributed by atoms with van der Waals surface area (Å²) in [6.45, 7) is 3.56. The minimum Gasteiger partial charge on any atom is -0.508 e. The predicted octanol–water partition coefficient (Wildman–Crippen LogP) is 2.34. The van der Waals surface area contributed by atoms with Gasteiger partial charge in [0.2, 0.25) is 0 Å². The number of benzene rings is 1. The van der Waals surface area contributed by atoms with Gasteiger partial charge in [-0.1, -0.05) is 13.8 Å². The van der Waals surface area contributed by atoms with Crippen LogP contribution in [-0.2, 0) is 0 Å². The third-order valence-corrected chi connectivity index (χ3v) is 2.97. The van der Waals surface area contributed by atoms with E-state index in [9.17, 15) is 9.18 Å². The molecule has 2 N–H and O–H groups in total. The maximum Gasteiger partial charge on any atom is 0.255 e. The highest BCUT2D eigenvalue weighted by Gasteiger charge is 2.29. The third-order valence-electron chi connectivity index (χ3n) is 2.97. The first-order valence-corrected chi connectivity index (χ1v) is 5.70. The number of nitriles is 1. The zero-order valence-electron chi connectivity index (χ0n) is 10.3. The number of hydrogen-bond donors (Lipinski definition) is 2. The van der Waals surface area contributed by atoms with Gasteiger partial charge < -0.3 is 10.4 Å². The van der Waals surface area contributed by atoms with Gasteiger partial charge in [0.15, 0.2) is 0 Å². The van der Waals surface area contributed by atoms with E-state index in [0.29, 0.717) is 12.8 Å². The second-order valence-electron chi connectivity index (χ2n) is 4.02. The van der Waals surface area contributed by atoms with Gasteiger partial charge in [0.05, 0.1) is 11.6 Å². The lowest BCUT2D eigenvalue weighted by atomic mass is 9.94. The van der Waals surface area contributed by atoms with Crippen LogP contribution in [-0.4, -0.2) is 16.6 Å². The lowest BCUT2D eigenvalue weighted by Gasteiger charge is -2.24. The van der Waals surface area contributed by atoms with E-state index in [0.717, 1.165) is 6.07 Å². The number of nitrogens with one attached hydrogen (secondary N) is 1. The molecule has 0 spiro atoms. The van der Waals surface area contributed by atoms with E-state index in [1.165, 1.54) is 12.1 Å². The van der Waals surface area contributed by atoms with E-state index in [4.69, 9.17) is 10.4 Å². The molecule has 0 unspecified atom stereocenters. The van der Waals surface area contributed by atoms with Crippen molar-refractivity contribution in [2.75, 3.05) is 0 Å². The van der Waals surface area contributed by atoms with Gasteiger partial charge in [-0.2, -0.15) is 5.26 Å². The fourth-order valence-electron chi connectivity index (χ4n) is 1.59. The first-order valence-electron chi connectivity index (χ1n) is 5.70. The number of phenolic OH excluding ortho intramolecular Hbond substituents is 1. The van der Waals surface area contributed by atoms with Gasteiger partial charge in [0.1, 0.15) is 17.1 Å². The second-order valence-corrected chi connectivity index (χ2v) is 4.02. The summed E-state index contributed by atoms with van der Waals surface area (Å²) >= 11 is 0. The first kappa shape index (κ1) is 14.0. The van der Waals surface area contributed by atoms with Crippen LogP contribution in [0.4, 0.5) is 4.39 Å². The highest BCUT2D eigenvalue weighted by Crippen LogP contribution is 2.18. The van der Waals surface area contributed by atoms with Crippen LogP contribution in [0.15, 0.2) is 18.2 Å². The molecule has 0 atom stereocenters. The van der Waals surface area contributed by atoms with E-state index >= 15 is 0 Å². The number of halogens is 1. The van der Waals surface area contributed by atoms with E-state index in [1.807, 2.05) is 6.07 Å². The van der Waals surface area contributed by atoms with Crippen molar-refractivity contribution < 1.29 is 14.3 Å². The molecule has 1 amide bonds. The number of carbonyl (C=O) groups excluding carboxylic acids is 1. The van der Waals surface area contributed by atoms with Crippen LogP contribution in [0.25, 0.3) is 0 Å². The number of amides is 1. The highest BCUT2D eigenvalue weighted by molar-refractivity contribution is 5.95. The zero-order chi connectivity index (χ0) is 13.8. The molecule has 0 aromatic heterocycles. The summed E-state index contributed by atoms with van der Waals surface area (Å²) in [5, 5.41) is 20.7. The number of carbonyl (C=O) groups is 1. The fourth-order valence-corrected chi connectivity index (χ4v) is 1.59. The van der Waals surface area contributed by atoms with Gasteiger partial charge in [-0.25, -0.2) is 4.39 Å². The fraction of sp³-hybridized carbons (Fsp3) is 0.385. The lowest BCUT2D eigenvalue weighted by molar-refractivity contribution is 0.0911. The molecule has 4 nitrogen and oxygen atoms in total. The number of rotatable bonds is 4. The van der Waals surface area contributed by atoms with Crippen LogP contribution in [0.3, 0.4) is 0 Å². The Morgan fingerprint density at radius 1 is 1.50 bits per heavy atom. The quantitative estimate of drug-likeness (QED) is 0.861. The average Bonchev–Trinajstić information content (AvgIpc) is 2.36. The molecule has 0 saturated carbocycles. The summed E-state index contributed by atoms with van der Waals surface area (Å²) in [5.41, 5.74) is -1.17. The van der Waals surface area contributed by atoms with Crippen molar-refractivity contribution in [1.29, 1.82) is 5.26 Å². The zero-order valence-corrected chi connectivity index (χ0v) is 10.3. The number of phenols is 1. The van der Waals surface area contributed by atoms with E-state index in [2.05, 4.69) is 5.32 Å². The molecular weight excluding hydrogens is 235 g/mol. The van der Waals surface area contributed by atoms with Crippen molar-refractivity contribution >= 4 is 5.91 Å². The molecule has 0 fully saturated rings. The molecule has 1 rings (SSSR count). The average molecular weight is 250 g/mol. The second kappa shape index (κ2) is 5.50. The van der Waals surface area contributed by atoms with E-state index in [-0.39, 0.29) is 11.3 Å². The normalized spacial score (nSPS) is 10.8. The largest absolute Gasteiger partial charge is 0.508 e. The van der Waals surface area contributed by atoms with Gasteiger partial charge in [-0.05, 0) is 25.0 Å². The topological polar surface area (TPSA) is 73.1 Å². The summed E-state index contributed by atoms with van der Waals surface area (Å²) in [7, 11) is 0. The van der Waals surface area contributed by atoms with E-state index < -0.39 is 17.3 Å². The van der Waals surface area contributed by atoms with Crippen LogP contribution in [0.5, 0.6) is 5.75 Å². The van der Waals surface area contributed by atoms with E-state index in [1.54, 1.807) is 13.8 Å². The Morgan fingerprint density at radius 2 is 2.11 bits per heavy atom. The molecule has 0 heterocycles. The molecule has 0 aliphatic rings. The number of nitrogens with zero attached hydrogens (tertiary/aromatic N) is 1.